The van der Waals surface area contributed by atoms with Crippen LogP contribution in [-0.2, 0) is 6.54 Å². The normalized spacial score (nSPS) is 10.3. The zero-order valence-electron chi connectivity index (χ0n) is 13.7. The number of benzene rings is 2. The second-order valence-electron chi connectivity index (χ2n) is 5.52. The fourth-order valence-corrected chi connectivity index (χ4v) is 2.40. The van der Waals surface area contributed by atoms with Crippen LogP contribution in [0.1, 0.15) is 21.7 Å². The fourth-order valence-electron chi connectivity index (χ4n) is 2.27. The van der Waals surface area contributed by atoms with Gasteiger partial charge in [-0.05, 0) is 42.8 Å². The van der Waals surface area contributed by atoms with Crippen LogP contribution in [0.15, 0.2) is 60.7 Å². The van der Waals surface area contributed by atoms with E-state index in [0.717, 1.165) is 5.56 Å². The number of nitrogens with one attached hydrogen (secondary N) is 2. The minimum absolute atomic E-state index is 0.296. The van der Waals surface area contributed by atoms with E-state index in [0.29, 0.717) is 34.6 Å². The summed E-state index contributed by atoms with van der Waals surface area (Å²) in [6.45, 7) is 2.41. The molecule has 3 aromatic rings. The molecule has 0 aliphatic heterocycles. The Hall–Kier alpha value is -2.92. The number of hydrogen-bond acceptors (Lipinski definition) is 4. The first-order valence-electron chi connectivity index (χ1n) is 7.80. The molecule has 2 aromatic carbocycles. The summed E-state index contributed by atoms with van der Waals surface area (Å²) in [5.41, 5.74) is 2.79. The Bertz CT molecular complexity index is 866. The number of hydrogen-bond donors (Lipinski definition) is 2. The molecule has 0 radical (unpaired) electrons. The van der Waals surface area contributed by atoms with Crippen molar-refractivity contribution < 1.29 is 4.79 Å². The first kappa shape index (κ1) is 16.9. The van der Waals surface area contributed by atoms with E-state index in [4.69, 9.17) is 11.6 Å². The molecule has 3 rings (SSSR count). The molecule has 0 unspecified atom stereocenters. The predicted molar refractivity (Wildman–Crippen MR) is 99.9 cm³/mol. The topological polar surface area (TPSA) is 66.9 Å². The summed E-state index contributed by atoms with van der Waals surface area (Å²) in [5, 5.41) is 6.56. The highest BCUT2D eigenvalue weighted by Gasteiger charge is 2.11. The number of anilines is 2. The van der Waals surface area contributed by atoms with Crippen LogP contribution in [0, 0.1) is 6.92 Å². The molecule has 0 fully saturated rings. The first-order chi connectivity index (χ1) is 12.1. The zero-order valence-corrected chi connectivity index (χ0v) is 14.4. The molecule has 5 nitrogen and oxygen atoms in total. The van der Waals surface area contributed by atoms with Crippen molar-refractivity contribution in [3.05, 3.63) is 82.6 Å². The van der Waals surface area contributed by atoms with E-state index in [1.165, 1.54) is 0 Å². The monoisotopic (exact) mass is 352 g/mol. The summed E-state index contributed by atoms with van der Waals surface area (Å²) in [4.78, 5) is 21.0. The molecule has 1 amide bonds. The molecule has 0 bridgehead atoms. The molecule has 2 N–H and O–H groups in total. The molecule has 6 heteroatoms. The van der Waals surface area contributed by atoms with Crippen molar-refractivity contribution in [3.8, 4) is 0 Å². The number of aromatic nitrogens is 2. The van der Waals surface area contributed by atoms with Crippen LogP contribution < -0.4 is 10.6 Å². The second-order valence-corrected chi connectivity index (χ2v) is 5.95. The first-order valence-corrected chi connectivity index (χ1v) is 8.18. The summed E-state index contributed by atoms with van der Waals surface area (Å²) in [7, 11) is 0. The summed E-state index contributed by atoms with van der Waals surface area (Å²) in [6, 6.07) is 18.5. The number of rotatable bonds is 5. The van der Waals surface area contributed by atoms with Gasteiger partial charge in [-0.3, -0.25) is 4.79 Å². The molecule has 0 atom stereocenters. The minimum atomic E-state index is -0.296. The number of amides is 1. The highest BCUT2D eigenvalue weighted by molar-refractivity contribution is 6.30. The number of halogens is 1. The molecular weight excluding hydrogens is 336 g/mol. The maximum atomic E-state index is 12.4. The number of nitrogens with zero attached hydrogens (tertiary/aromatic N) is 2. The van der Waals surface area contributed by atoms with Crippen LogP contribution in [0.3, 0.4) is 0 Å². The summed E-state index contributed by atoms with van der Waals surface area (Å²) < 4.78 is 0. The predicted octanol–water partition coefficient (Wildman–Crippen LogP) is 4.30. The van der Waals surface area contributed by atoms with Gasteiger partial charge >= 0.3 is 0 Å². The highest BCUT2D eigenvalue weighted by atomic mass is 35.5. The van der Waals surface area contributed by atoms with Crippen LogP contribution >= 0.6 is 11.6 Å². The van der Waals surface area contributed by atoms with Crippen molar-refractivity contribution in [1.29, 1.82) is 0 Å². The maximum Gasteiger partial charge on any atom is 0.274 e. The Kier molecular flexibility index (Phi) is 5.26. The maximum absolute atomic E-state index is 12.4. The molecule has 1 aromatic heterocycles. The van der Waals surface area contributed by atoms with Crippen LogP contribution in [0.5, 0.6) is 0 Å². The number of carbonyl (C=O) groups excluding carboxylic acids is 1. The average Bonchev–Trinajstić information content (AvgIpc) is 2.62. The molecule has 25 heavy (non-hydrogen) atoms. The van der Waals surface area contributed by atoms with Crippen molar-refractivity contribution in [2.75, 3.05) is 10.6 Å². The van der Waals surface area contributed by atoms with Gasteiger partial charge in [-0.25, -0.2) is 9.97 Å². The quantitative estimate of drug-likeness (QED) is 0.718. The second kappa shape index (κ2) is 7.77. The molecule has 0 spiro atoms. The van der Waals surface area contributed by atoms with E-state index in [1.807, 2.05) is 37.3 Å². The molecular formula is C19H17ClN4O. The molecule has 1 heterocycles. The summed E-state index contributed by atoms with van der Waals surface area (Å²) >= 11 is 5.85. The van der Waals surface area contributed by atoms with Gasteiger partial charge in [0, 0.05) is 22.9 Å². The lowest BCUT2D eigenvalue weighted by Crippen LogP contribution is -2.16. The Morgan fingerprint density at radius 3 is 2.48 bits per heavy atom. The SMILES string of the molecule is Cc1cc(C(=O)Nc2ccc(Cl)cc2)nc(NCc2ccccc2)n1. The van der Waals surface area contributed by atoms with Crippen molar-refractivity contribution in [1.82, 2.24) is 9.97 Å². The lowest BCUT2D eigenvalue weighted by Gasteiger charge is -2.09. The minimum Gasteiger partial charge on any atom is -0.350 e. The van der Waals surface area contributed by atoms with Crippen LogP contribution in [0.2, 0.25) is 5.02 Å². The molecule has 0 aliphatic carbocycles. The van der Waals surface area contributed by atoms with Crippen molar-refractivity contribution in [3.63, 3.8) is 0 Å². The van der Waals surface area contributed by atoms with Gasteiger partial charge in [0.1, 0.15) is 5.69 Å². The standard InChI is InChI=1S/C19H17ClN4O/c1-13-11-17(18(25)23-16-9-7-15(20)8-10-16)24-19(22-13)21-12-14-5-3-2-4-6-14/h2-11H,12H2,1H3,(H,23,25)(H,21,22,24). The van der Waals surface area contributed by atoms with Gasteiger partial charge in [0.15, 0.2) is 0 Å². The van der Waals surface area contributed by atoms with Crippen molar-refractivity contribution in [2.24, 2.45) is 0 Å². The van der Waals surface area contributed by atoms with Gasteiger partial charge in [0.25, 0.3) is 5.91 Å². The van der Waals surface area contributed by atoms with Gasteiger partial charge in [0.05, 0.1) is 0 Å². The van der Waals surface area contributed by atoms with E-state index >= 15 is 0 Å². The molecule has 0 saturated carbocycles. The van der Waals surface area contributed by atoms with E-state index in [9.17, 15) is 4.79 Å². The Balaban J connectivity index is 1.72. The van der Waals surface area contributed by atoms with E-state index < -0.39 is 0 Å². The van der Waals surface area contributed by atoms with Gasteiger partial charge in [-0.1, -0.05) is 41.9 Å². The third-order valence-electron chi connectivity index (χ3n) is 3.48. The summed E-state index contributed by atoms with van der Waals surface area (Å²) in [6.07, 6.45) is 0. The molecule has 0 saturated heterocycles. The average molecular weight is 353 g/mol. The van der Waals surface area contributed by atoms with Gasteiger partial charge < -0.3 is 10.6 Å². The lowest BCUT2D eigenvalue weighted by molar-refractivity contribution is 0.102. The Labute approximate surface area is 151 Å². The Morgan fingerprint density at radius 2 is 1.76 bits per heavy atom. The lowest BCUT2D eigenvalue weighted by atomic mass is 10.2. The van der Waals surface area contributed by atoms with Gasteiger partial charge in [0.2, 0.25) is 5.95 Å². The van der Waals surface area contributed by atoms with Crippen LogP contribution in [0.25, 0.3) is 0 Å². The fraction of sp³-hybridized carbons (Fsp3) is 0.105. The van der Waals surface area contributed by atoms with Crippen molar-refractivity contribution >= 4 is 29.1 Å². The smallest absolute Gasteiger partial charge is 0.274 e. The van der Waals surface area contributed by atoms with Crippen LogP contribution in [0.4, 0.5) is 11.6 Å². The van der Waals surface area contributed by atoms with E-state index in [2.05, 4.69) is 20.6 Å². The van der Waals surface area contributed by atoms with Crippen molar-refractivity contribution in [2.45, 2.75) is 13.5 Å². The largest absolute Gasteiger partial charge is 0.350 e. The highest BCUT2D eigenvalue weighted by Crippen LogP contribution is 2.15. The number of carbonyl (C=O) groups is 1. The third-order valence-corrected chi connectivity index (χ3v) is 3.73. The van der Waals surface area contributed by atoms with Crippen LogP contribution in [-0.4, -0.2) is 15.9 Å². The third kappa shape index (κ3) is 4.78. The summed E-state index contributed by atoms with van der Waals surface area (Å²) in [5.74, 6) is 0.126. The van der Waals surface area contributed by atoms with Gasteiger partial charge in [-0.2, -0.15) is 0 Å². The molecule has 126 valence electrons. The van der Waals surface area contributed by atoms with E-state index in [-0.39, 0.29) is 5.91 Å². The van der Waals surface area contributed by atoms with E-state index in [1.54, 1.807) is 30.3 Å². The Morgan fingerprint density at radius 1 is 1.04 bits per heavy atom. The zero-order chi connectivity index (χ0) is 17.6. The van der Waals surface area contributed by atoms with Gasteiger partial charge in [-0.15, -0.1) is 0 Å². The number of aryl methyl sites for hydroxylation is 1. The molecule has 0 aliphatic rings.